The lowest BCUT2D eigenvalue weighted by molar-refractivity contribution is 0.266. The molecule has 11 heteroatoms. The molecule has 0 aliphatic carbocycles. The number of thiophene rings is 1. The monoisotopic (exact) mass is 391 g/mol. The number of rotatable bonds is 5. The smallest absolute Gasteiger partial charge is 0.252 e. The molecule has 0 bridgehead atoms. The van der Waals surface area contributed by atoms with Crippen LogP contribution in [0.2, 0.25) is 4.34 Å². The SMILES string of the molecule is NCc1nc(CN2CCCN(S(=O)(=O)c3ccc(Cl)s3)CC2)no1. The minimum Gasteiger partial charge on any atom is -0.338 e. The van der Waals surface area contributed by atoms with Gasteiger partial charge in [-0.25, -0.2) is 8.42 Å². The Morgan fingerprint density at radius 1 is 1.29 bits per heavy atom. The average Bonchev–Trinajstić information content (AvgIpc) is 3.12. The second-order valence-corrected chi connectivity index (χ2v) is 9.28. The Balaban J connectivity index is 1.64. The second-order valence-electron chi connectivity index (χ2n) is 5.40. The molecular formula is C13H18ClN5O3S2. The molecule has 1 saturated heterocycles. The Kier molecular flexibility index (Phi) is 5.52. The first-order valence-electron chi connectivity index (χ1n) is 7.48. The van der Waals surface area contributed by atoms with Crippen molar-refractivity contribution in [3.05, 3.63) is 28.2 Å². The van der Waals surface area contributed by atoms with Gasteiger partial charge in [0.2, 0.25) is 5.89 Å². The third-order valence-electron chi connectivity index (χ3n) is 3.74. The van der Waals surface area contributed by atoms with Crippen LogP contribution in [0.1, 0.15) is 18.1 Å². The van der Waals surface area contributed by atoms with Crippen molar-refractivity contribution < 1.29 is 12.9 Å². The standard InChI is InChI=1S/C13H18ClN5O3S2/c14-10-2-3-13(23-10)24(20,21)19-5-1-4-18(6-7-19)9-11-16-12(8-15)22-17-11/h2-3H,1,4-9,15H2. The van der Waals surface area contributed by atoms with Gasteiger partial charge in [0.25, 0.3) is 10.0 Å². The summed E-state index contributed by atoms with van der Waals surface area (Å²) >= 11 is 6.94. The zero-order valence-corrected chi connectivity index (χ0v) is 15.3. The van der Waals surface area contributed by atoms with E-state index in [1.807, 2.05) is 0 Å². The Labute approximate surface area is 149 Å². The molecule has 0 atom stereocenters. The van der Waals surface area contributed by atoms with Gasteiger partial charge in [-0.05, 0) is 25.1 Å². The third-order valence-corrected chi connectivity index (χ3v) is 7.34. The molecule has 0 unspecified atom stereocenters. The van der Waals surface area contributed by atoms with Crippen LogP contribution in [-0.4, -0.2) is 53.9 Å². The Morgan fingerprint density at radius 3 is 2.79 bits per heavy atom. The van der Waals surface area contributed by atoms with Crippen molar-refractivity contribution in [1.82, 2.24) is 19.3 Å². The maximum absolute atomic E-state index is 12.7. The van der Waals surface area contributed by atoms with Gasteiger partial charge in [0.15, 0.2) is 5.82 Å². The van der Waals surface area contributed by atoms with E-state index in [9.17, 15) is 8.42 Å². The molecule has 0 aromatic carbocycles. The van der Waals surface area contributed by atoms with Crippen molar-refractivity contribution in [2.45, 2.75) is 23.7 Å². The molecule has 2 aromatic rings. The molecule has 24 heavy (non-hydrogen) atoms. The molecule has 3 rings (SSSR count). The van der Waals surface area contributed by atoms with Gasteiger partial charge in [0, 0.05) is 19.6 Å². The lowest BCUT2D eigenvalue weighted by atomic mass is 10.4. The number of aromatic nitrogens is 2. The largest absolute Gasteiger partial charge is 0.338 e. The van der Waals surface area contributed by atoms with Crippen LogP contribution in [-0.2, 0) is 23.1 Å². The van der Waals surface area contributed by atoms with Crippen LogP contribution in [0.4, 0.5) is 0 Å². The fourth-order valence-corrected chi connectivity index (χ4v) is 5.65. The summed E-state index contributed by atoms with van der Waals surface area (Å²) in [4.78, 5) is 6.30. The van der Waals surface area contributed by atoms with E-state index in [1.54, 1.807) is 12.1 Å². The predicted molar refractivity (Wildman–Crippen MR) is 90.2 cm³/mol. The van der Waals surface area contributed by atoms with Crippen molar-refractivity contribution in [1.29, 1.82) is 0 Å². The van der Waals surface area contributed by atoms with E-state index in [0.717, 1.165) is 24.3 Å². The second kappa shape index (κ2) is 7.46. The summed E-state index contributed by atoms with van der Waals surface area (Å²) in [6.07, 6.45) is 0.736. The first-order chi connectivity index (χ1) is 11.5. The van der Waals surface area contributed by atoms with E-state index >= 15 is 0 Å². The summed E-state index contributed by atoms with van der Waals surface area (Å²) in [5.41, 5.74) is 5.45. The molecule has 132 valence electrons. The summed E-state index contributed by atoms with van der Waals surface area (Å²) in [5.74, 6) is 0.968. The summed E-state index contributed by atoms with van der Waals surface area (Å²) in [6, 6.07) is 3.16. The van der Waals surface area contributed by atoms with Crippen molar-refractivity contribution >= 4 is 33.0 Å². The summed E-state index contributed by atoms with van der Waals surface area (Å²) in [5, 5.41) is 3.88. The molecule has 2 aromatic heterocycles. The molecular weight excluding hydrogens is 374 g/mol. The van der Waals surface area contributed by atoms with E-state index in [1.165, 1.54) is 4.31 Å². The molecule has 2 N–H and O–H groups in total. The lowest BCUT2D eigenvalue weighted by Crippen LogP contribution is -2.34. The number of nitrogens with zero attached hydrogens (tertiary/aromatic N) is 4. The van der Waals surface area contributed by atoms with Gasteiger partial charge in [-0.3, -0.25) is 4.90 Å². The number of halogens is 1. The highest BCUT2D eigenvalue weighted by atomic mass is 35.5. The van der Waals surface area contributed by atoms with Gasteiger partial charge in [-0.1, -0.05) is 16.8 Å². The molecule has 1 fully saturated rings. The van der Waals surface area contributed by atoms with Crippen LogP contribution in [0.25, 0.3) is 0 Å². The van der Waals surface area contributed by atoms with E-state index in [0.29, 0.717) is 42.2 Å². The summed E-state index contributed by atoms with van der Waals surface area (Å²) in [7, 11) is -3.49. The van der Waals surface area contributed by atoms with E-state index in [4.69, 9.17) is 21.9 Å². The highest BCUT2D eigenvalue weighted by molar-refractivity contribution is 7.91. The van der Waals surface area contributed by atoms with Crippen LogP contribution in [0.3, 0.4) is 0 Å². The van der Waals surface area contributed by atoms with Gasteiger partial charge in [-0.15, -0.1) is 11.3 Å². The molecule has 0 spiro atoms. The maximum Gasteiger partial charge on any atom is 0.252 e. The Bertz CT molecular complexity index is 791. The van der Waals surface area contributed by atoms with Gasteiger partial charge >= 0.3 is 0 Å². The summed E-state index contributed by atoms with van der Waals surface area (Å²) < 4.78 is 32.6. The molecule has 0 radical (unpaired) electrons. The number of hydrogen-bond donors (Lipinski definition) is 1. The molecule has 3 heterocycles. The molecule has 0 amide bonds. The van der Waals surface area contributed by atoms with Crippen LogP contribution >= 0.6 is 22.9 Å². The fraction of sp³-hybridized carbons (Fsp3) is 0.538. The van der Waals surface area contributed by atoms with Crippen LogP contribution in [0, 0.1) is 0 Å². The lowest BCUT2D eigenvalue weighted by Gasteiger charge is -2.20. The predicted octanol–water partition coefficient (Wildman–Crippen LogP) is 1.14. The van der Waals surface area contributed by atoms with Crippen LogP contribution < -0.4 is 5.73 Å². The normalized spacial score (nSPS) is 17.9. The molecule has 8 nitrogen and oxygen atoms in total. The van der Waals surface area contributed by atoms with Crippen molar-refractivity contribution in [2.24, 2.45) is 5.73 Å². The fourth-order valence-electron chi connectivity index (χ4n) is 2.55. The zero-order valence-electron chi connectivity index (χ0n) is 12.9. The number of hydrogen-bond acceptors (Lipinski definition) is 8. The number of sulfonamides is 1. The van der Waals surface area contributed by atoms with E-state index < -0.39 is 10.0 Å². The van der Waals surface area contributed by atoms with Gasteiger partial charge in [0.1, 0.15) is 4.21 Å². The third kappa shape index (κ3) is 3.95. The highest BCUT2D eigenvalue weighted by Gasteiger charge is 2.28. The topological polar surface area (TPSA) is 106 Å². The van der Waals surface area contributed by atoms with Crippen molar-refractivity contribution in [3.8, 4) is 0 Å². The zero-order chi connectivity index (χ0) is 17.2. The Morgan fingerprint density at radius 2 is 2.12 bits per heavy atom. The van der Waals surface area contributed by atoms with Gasteiger partial charge in [0.05, 0.1) is 17.4 Å². The van der Waals surface area contributed by atoms with E-state index in [2.05, 4.69) is 15.0 Å². The van der Waals surface area contributed by atoms with Gasteiger partial charge in [-0.2, -0.15) is 9.29 Å². The van der Waals surface area contributed by atoms with Crippen molar-refractivity contribution in [3.63, 3.8) is 0 Å². The number of nitrogens with two attached hydrogens (primary N) is 1. The minimum absolute atomic E-state index is 0.211. The maximum atomic E-state index is 12.7. The van der Waals surface area contributed by atoms with Crippen LogP contribution in [0.15, 0.2) is 20.9 Å². The molecule has 0 saturated carbocycles. The average molecular weight is 392 g/mol. The van der Waals surface area contributed by atoms with E-state index in [-0.39, 0.29) is 10.8 Å². The van der Waals surface area contributed by atoms with Crippen LogP contribution in [0.5, 0.6) is 0 Å². The van der Waals surface area contributed by atoms with Gasteiger partial charge < -0.3 is 10.3 Å². The highest BCUT2D eigenvalue weighted by Crippen LogP contribution is 2.28. The van der Waals surface area contributed by atoms with Crippen molar-refractivity contribution in [2.75, 3.05) is 26.2 Å². The Hall–Kier alpha value is -1.04. The molecule has 1 aliphatic rings. The minimum atomic E-state index is -3.49. The quantitative estimate of drug-likeness (QED) is 0.814. The molecule has 1 aliphatic heterocycles. The first kappa shape index (κ1) is 17.8. The first-order valence-corrected chi connectivity index (χ1v) is 10.1. The summed E-state index contributed by atoms with van der Waals surface area (Å²) in [6.45, 7) is 2.99.